The summed E-state index contributed by atoms with van der Waals surface area (Å²) in [7, 11) is 0. The zero-order valence-corrected chi connectivity index (χ0v) is 27.8. The lowest BCUT2D eigenvalue weighted by Gasteiger charge is -2.09. The summed E-state index contributed by atoms with van der Waals surface area (Å²) in [6, 6.07) is 8.25. The van der Waals surface area contributed by atoms with E-state index < -0.39 is 11.8 Å². The van der Waals surface area contributed by atoms with E-state index in [1.165, 1.54) is 32.1 Å². The number of ether oxygens (including phenoxy) is 9. The minimum Gasteiger partial charge on any atom is -0.463 e. The Bertz CT molecular complexity index is 852. The van der Waals surface area contributed by atoms with E-state index in [1.54, 1.807) is 30.3 Å². The van der Waals surface area contributed by atoms with Crippen LogP contribution in [0.15, 0.2) is 30.3 Å². The normalized spacial score (nSPS) is 11.1. The van der Waals surface area contributed by atoms with Crippen LogP contribution >= 0.6 is 0 Å². The van der Waals surface area contributed by atoms with Crippen molar-refractivity contribution in [2.24, 2.45) is 0 Å². The molecule has 12 nitrogen and oxygen atoms in total. The molecule has 1 aromatic carbocycles. The molecule has 0 saturated carbocycles. The topological polar surface area (TPSA) is 134 Å². The molecule has 0 amide bonds. The maximum Gasteiger partial charge on any atom is 0.379 e. The molecule has 264 valence electrons. The van der Waals surface area contributed by atoms with Gasteiger partial charge in [-0.2, -0.15) is 0 Å². The quantitative estimate of drug-likeness (QED) is 0.0455. The van der Waals surface area contributed by atoms with Crippen LogP contribution in [-0.2, 0) is 52.2 Å². The van der Waals surface area contributed by atoms with E-state index in [0.29, 0.717) is 97.9 Å². The fourth-order valence-electron chi connectivity index (χ4n) is 3.90. The fraction of sp³-hybridized carbons (Fsp3) is 0.735. The standard InChI is InChI=1S/C34H56O12/c1-2-3-4-5-6-7-11-14-32(35)45-29-27-43-25-23-41-21-19-39-17-15-38-16-18-40-20-22-42-24-26-44-28-30-46-34(37)33(36)31-12-9-8-10-13-31/h8-10,12-13H,2-7,11,14-30H2,1H3. The molecule has 46 heavy (non-hydrogen) atoms. The molecule has 1 aromatic rings. The Hall–Kier alpha value is -2.45. The number of esters is 2. The van der Waals surface area contributed by atoms with Gasteiger partial charge in [-0.25, -0.2) is 4.79 Å². The zero-order chi connectivity index (χ0) is 33.2. The zero-order valence-electron chi connectivity index (χ0n) is 27.8. The number of carbonyl (C=O) groups is 3. The first-order valence-electron chi connectivity index (χ1n) is 16.6. The van der Waals surface area contributed by atoms with Gasteiger partial charge in [0.1, 0.15) is 13.2 Å². The maximum absolute atomic E-state index is 11.9. The number of hydrogen-bond acceptors (Lipinski definition) is 12. The molecule has 0 saturated heterocycles. The average Bonchev–Trinajstić information content (AvgIpc) is 3.07. The second kappa shape index (κ2) is 32.5. The molecule has 0 aliphatic rings. The molecule has 0 heterocycles. The van der Waals surface area contributed by atoms with Crippen molar-refractivity contribution in [3.05, 3.63) is 35.9 Å². The number of rotatable bonds is 34. The number of hydrogen-bond donors (Lipinski definition) is 0. The molecule has 0 aromatic heterocycles. The first-order chi connectivity index (χ1) is 22.6. The first kappa shape index (κ1) is 41.6. The van der Waals surface area contributed by atoms with Crippen molar-refractivity contribution in [2.45, 2.75) is 58.3 Å². The monoisotopic (exact) mass is 656 g/mol. The number of ketones is 1. The highest BCUT2D eigenvalue weighted by molar-refractivity contribution is 6.40. The third-order valence-electron chi connectivity index (χ3n) is 6.39. The Morgan fingerprint density at radius 2 is 0.826 bits per heavy atom. The summed E-state index contributed by atoms with van der Waals surface area (Å²) >= 11 is 0. The summed E-state index contributed by atoms with van der Waals surface area (Å²) in [6.45, 7) is 8.27. The Balaban J connectivity index is 1.70. The van der Waals surface area contributed by atoms with Crippen LogP contribution in [0.25, 0.3) is 0 Å². The summed E-state index contributed by atoms with van der Waals surface area (Å²) in [5, 5.41) is 0. The minimum absolute atomic E-state index is 0.00361. The SMILES string of the molecule is CCCCCCCCCC(=O)OCCOCCOCCOCCOCCOCCOCCOCCOC(=O)C(=O)c1ccccc1. The van der Waals surface area contributed by atoms with Crippen molar-refractivity contribution < 1.29 is 57.0 Å². The minimum atomic E-state index is -0.898. The average molecular weight is 657 g/mol. The predicted molar refractivity (Wildman–Crippen MR) is 171 cm³/mol. The molecule has 0 spiro atoms. The molecular weight excluding hydrogens is 600 g/mol. The number of benzene rings is 1. The van der Waals surface area contributed by atoms with Gasteiger partial charge in [-0.15, -0.1) is 0 Å². The molecule has 0 fully saturated rings. The highest BCUT2D eigenvalue weighted by Gasteiger charge is 2.17. The van der Waals surface area contributed by atoms with Crippen molar-refractivity contribution in [3.63, 3.8) is 0 Å². The predicted octanol–water partition coefficient (Wildman–Crippen LogP) is 4.21. The van der Waals surface area contributed by atoms with Crippen LogP contribution in [-0.4, -0.2) is 123 Å². The van der Waals surface area contributed by atoms with E-state index in [0.717, 1.165) is 12.8 Å². The third-order valence-corrected chi connectivity index (χ3v) is 6.39. The molecule has 0 aliphatic carbocycles. The van der Waals surface area contributed by atoms with Crippen LogP contribution in [0, 0.1) is 0 Å². The van der Waals surface area contributed by atoms with Gasteiger partial charge in [-0.3, -0.25) is 9.59 Å². The van der Waals surface area contributed by atoms with Crippen LogP contribution in [0.4, 0.5) is 0 Å². The van der Waals surface area contributed by atoms with Crippen molar-refractivity contribution in [1.82, 2.24) is 0 Å². The van der Waals surface area contributed by atoms with Crippen molar-refractivity contribution >= 4 is 17.7 Å². The van der Waals surface area contributed by atoms with E-state index in [9.17, 15) is 14.4 Å². The summed E-state index contributed by atoms with van der Waals surface area (Å²) in [5.74, 6) is -1.72. The Morgan fingerprint density at radius 1 is 0.457 bits per heavy atom. The summed E-state index contributed by atoms with van der Waals surface area (Å²) in [5.41, 5.74) is 0.295. The molecule has 0 N–H and O–H groups in total. The van der Waals surface area contributed by atoms with Crippen LogP contribution < -0.4 is 0 Å². The van der Waals surface area contributed by atoms with Crippen molar-refractivity contribution in [2.75, 3.05) is 106 Å². The fourth-order valence-corrected chi connectivity index (χ4v) is 3.90. The van der Waals surface area contributed by atoms with Gasteiger partial charge in [-0.1, -0.05) is 75.8 Å². The van der Waals surface area contributed by atoms with Gasteiger partial charge >= 0.3 is 11.9 Å². The molecule has 1 rings (SSSR count). The van der Waals surface area contributed by atoms with Gasteiger partial charge in [-0.05, 0) is 6.42 Å². The molecule has 0 bridgehead atoms. The number of carbonyl (C=O) groups excluding carboxylic acids is 3. The summed E-state index contributed by atoms with van der Waals surface area (Å²) in [6.07, 6.45) is 8.74. The summed E-state index contributed by atoms with van der Waals surface area (Å²) in [4.78, 5) is 35.3. The number of unbranched alkanes of at least 4 members (excludes halogenated alkanes) is 6. The van der Waals surface area contributed by atoms with Crippen LogP contribution in [0.3, 0.4) is 0 Å². The number of Topliss-reactive ketones (excluding diaryl/α,β-unsaturated/α-hetero) is 1. The highest BCUT2D eigenvalue weighted by Crippen LogP contribution is 2.08. The van der Waals surface area contributed by atoms with Gasteiger partial charge in [0.25, 0.3) is 5.78 Å². The molecule has 0 atom stereocenters. The first-order valence-corrected chi connectivity index (χ1v) is 16.6. The van der Waals surface area contributed by atoms with E-state index in [2.05, 4.69) is 6.92 Å². The lowest BCUT2D eigenvalue weighted by molar-refractivity contribution is -0.145. The van der Waals surface area contributed by atoms with Gasteiger partial charge in [0.15, 0.2) is 0 Å². The van der Waals surface area contributed by atoms with Gasteiger partial charge in [0.2, 0.25) is 0 Å². The molecule has 0 unspecified atom stereocenters. The maximum atomic E-state index is 11.9. The van der Waals surface area contributed by atoms with Crippen LogP contribution in [0.2, 0.25) is 0 Å². The largest absolute Gasteiger partial charge is 0.463 e. The van der Waals surface area contributed by atoms with E-state index in [-0.39, 0.29) is 25.8 Å². The lowest BCUT2D eigenvalue weighted by atomic mass is 10.1. The molecule has 0 radical (unpaired) electrons. The van der Waals surface area contributed by atoms with Crippen molar-refractivity contribution in [1.29, 1.82) is 0 Å². The van der Waals surface area contributed by atoms with E-state index in [4.69, 9.17) is 42.6 Å². The van der Waals surface area contributed by atoms with Gasteiger partial charge in [0.05, 0.1) is 92.5 Å². The Kier molecular flexibility index (Phi) is 29.4. The molecular formula is C34H56O12. The Morgan fingerprint density at radius 3 is 1.26 bits per heavy atom. The van der Waals surface area contributed by atoms with E-state index >= 15 is 0 Å². The van der Waals surface area contributed by atoms with Crippen LogP contribution in [0.1, 0.15) is 68.6 Å². The lowest BCUT2D eigenvalue weighted by Crippen LogP contribution is -2.20. The van der Waals surface area contributed by atoms with Crippen LogP contribution in [0.5, 0.6) is 0 Å². The molecule has 12 heteroatoms. The second-order valence-electron chi connectivity index (χ2n) is 10.2. The Labute approximate surface area is 274 Å². The van der Waals surface area contributed by atoms with E-state index in [1.807, 2.05) is 0 Å². The van der Waals surface area contributed by atoms with Gasteiger partial charge < -0.3 is 42.6 Å². The van der Waals surface area contributed by atoms with Gasteiger partial charge in [0, 0.05) is 12.0 Å². The molecule has 0 aliphatic heterocycles. The van der Waals surface area contributed by atoms with Crippen molar-refractivity contribution in [3.8, 4) is 0 Å². The smallest absolute Gasteiger partial charge is 0.379 e. The highest BCUT2D eigenvalue weighted by atomic mass is 16.6. The third kappa shape index (κ3) is 26.7. The second-order valence-corrected chi connectivity index (χ2v) is 10.2. The summed E-state index contributed by atoms with van der Waals surface area (Å²) < 4.78 is 48.0.